The van der Waals surface area contributed by atoms with Gasteiger partial charge in [0.25, 0.3) is 5.91 Å². The molecule has 1 amide bonds. The summed E-state index contributed by atoms with van der Waals surface area (Å²) in [7, 11) is 1.58. The van der Waals surface area contributed by atoms with Crippen LogP contribution in [-0.2, 0) is 4.79 Å². The quantitative estimate of drug-likeness (QED) is 0.642. The third-order valence-electron chi connectivity index (χ3n) is 3.35. The average Bonchev–Trinajstić information content (AvgIpc) is 2.81. The normalized spacial score (nSPS) is 15.9. The molecule has 23 heavy (non-hydrogen) atoms. The summed E-state index contributed by atoms with van der Waals surface area (Å²) >= 11 is 8.72. The van der Waals surface area contributed by atoms with E-state index in [4.69, 9.17) is 17.0 Å². The fraction of sp³-hybridized carbons (Fsp3) is 0.0588. The minimum atomic E-state index is -0.191. The fourth-order valence-electron chi connectivity index (χ4n) is 2.28. The Morgan fingerprint density at radius 1 is 1.22 bits per heavy atom. The van der Waals surface area contributed by atoms with E-state index in [1.54, 1.807) is 19.3 Å². The second-order valence-electron chi connectivity index (χ2n) is 4.89. The molecule has 0 bridgehead atoms. The summed E-state index contributed by atoms with van der Waals surface area (Å²) in [5.74, 6) is 0.478. The molecule has 0 unspecified atom stereocenters. The molecule has 4 nitrogen and oxygen atoms in total. The lowest BCUT2D eigenvalue weighted by atomic mass is 10.2. The Balaban J connectivity index is 1.93. The monoisotopic (exact) mass is 388 g/mol. The van der Waals surface area contributed by atoms with Crippen molar-refractivity contribution in [1.29, 1.82) is 0 Å². The van der Waals surface area contributed by atoms with E-state index in [1.807, 2.05) is 42.5 Å². The highest BCUT2D eigenvalue weighted by Gasteiger charge is 2.32. The topological polar surface area (TPSA) is 41.6 Å². The molecule has 0 aromatic heterocycles. The zero-order valence-electron chi connectivity index (χ0n) is 12.2. The third kappa shape index (κ3) is 3.28. The maximum Gasteiger partial charge on any atom is 0.281 e. The first kappa shape index (κ1) is 15.7. The van der Waals surface area contributed by atoms with E-state index in [9.17, 15) is 4.79 Å². The van der Waals surface area contributed by atoms with Crippen LogP contribution >= 0.6 is 28.1 Å². The van der Waals surface area contributed by atoms with Gasteiger partial charge in [-0.05, 0) is 48.1 Å². The minimum Gasteiger partial charge on any atom is -0.497 e. The molecular weight excluding hydrogens is 376 g/mol. The Labute approximate surface area is 147 Å². The van der Waals surface area contributed by atoms with Crippen molar-refractivity contribution in [2.45, 2.75) is 0 Å². The largest absolute Gasteiger partial charge is 0.497 e. The van der Waals surface area contributed by atoms with E-state index in [-0.39, 0.29) is 5.91 Å². The number of carbonyl (C=O) groups is 1. The Bertz CT molecular complexity index is 820. The lowest BCUT2D eigenvalue weighted by Gasteiger charge is -2.14. The number of carbonyl (C=O) groups excluding carboxylic acids is 1. The van der Waals surface area contributed by atoms with Crippen LogP contribution in [0.1, 0.15) is 5.56 Å². The molecule has 0 radical (unpaired) electrons. The lowest BCUT2D eigenvalue weighted by molar-refractivity contribution is -0.113. The van der Waals surface area contributed by atoms with Gasteiger partial charge in [-0.2, -0.15) is 0 Å². The van der Waals surface area contributed by atoms with Crippen molar-refractivity contribution in [3.05, 3.63) is 64.3 Å². The standard InChI is InChI=1S/C17H13BrN2O2S/c1-22-14-7-3-6-13(10-14)20-16(21)15(19-17(20)23)9-11-4-2-5-12(18)8-11/h2-10H,1H3,(H,19,23)/b15-9-. The van der Waals surface area contributed by atoms with Crippen molar-refractivity contribution in [2.75, 3.05) is 12.0 Å². The molecule has 0 saturated carbocycles. The first-order valence-corrected chi connectivity index (χ1v) is 8.05. The number of halogens is 1. The predicted octanol–water partition coefficient (Wildman–Crippen LogP) is 3.72. The van der Waals surface area contributed by atoms with Gasteiger partial charge in [0.05, 0.1) is 12.8 Å². The molecule has 1 aliphatic heterocycles. The van der Waals surface area contributed by atoms with Crippen LogP contribution in [-0.4, -0.2) is 18.1 Å². The number of nitrogens with zero attached hydrogens (tertiary/aromatic N) is 1. The van der Waals surface area contributed by atoms with Crippen LogP contribution in [0.15, 0.2) is 58.7 Å². The molecular formula is C17H13BrN2O2S. The summed E-state index contributed by atoms with van der Waals surface area (Å²) in [6, 6.07) is 14.9. The summed E-state index contributed by atoms with van der Waals surface area (Å²) in [6.45, 7) is 0. The molecule has 0 atom stereocenters. The zero-order valence-corrected chi connectivity index (χ0v) is 14.6. The molecule has 2 aromatic rings. The summed E-state index contributed by atoms with van der Waals surface area (Å²) < 4.78 is 6.15. The molecule has 1 N–H and O–H groups in total. The number of amides is 1. The summed E-state index contributed by atoms with van der Waals surface area (Å²) in [4.78, 5) is 14.1. The first-order chi connectivity index (χ1) is 11.1. The van der Waals surface area contributed by atoms with Gasteiger partial charge in [0.15, 0.2) is 5.11 Å². The Hall–Kier alpha value is -2.18. The van der Waals surface area contributed by atoms with Crippen LogP contribution in [0.2, 0.25) is 0 Å². The minimum absolute atomic E-state index is 0.191. The van der Waals surface area contributed by atoms with Crippen LogP contribution in [0.5, 0.6) is 5.75 Å². The van der Waals surface area contributed by atoms with Crippen molar-refractivity contribution < 1.29 is 9.53 Å². The zero-order chi connectivity index (χ0) is 16.4. The van der Waals surface area contributed by atoms with Gasteiger partial charge in [-0.1, -0.05) is 34.1 Å². The molecule has 0 spiro atoms. The molecule has 1 aliphatic rings. The van der Waals surface area contributed by atoms with Crippen LogP contribution in [0, 0.1) is 0 Å². The van der Waals surface area contributed by atoms with Crippen molar-refractivity contribution in [3.63, 3.8) is 0 Å². The molecule has 1 heterocycles. The van der Waals surface area contributed by atoms with Crippen LogP contribution in [0.25, 0.3) is 6.08 Å². The Morgan fingerprint density at radius 2 is 2.00 bits per heavy atom. The highest BCUT2D eigenvalue weighted by atomic mass is 79.9. The smallest absolute Gasteiger partial charge is 0.281 e. The molecule has 1 saturated heterocycles. The van der Waals surface area contributed by atoms with Gasteiger partial charge < -0.3 is 10.1 Å². The molecule has 2 aromatic carbocycles. The second-order valence-corrected chi connectivity index (χ2v) is 6.19. The van der Waals surface area contributed by atoms with Crippen LogP contribution < -0.4 is 15.0 Å². The van der Waals surface area contributed by atoms with Crippen molar-refractivity contribution >= 4 is 50.9 Å². The molecule has 1 fully saturated rings. The van der Waals surface area contributed by atoms with E-state index >= 15 is 0 Å². The van der Waals surface area contributed by atoms with E-state index < -0.39 is 0 Å². The predicted molar refractivity (Wildman–Crippen MR) is 98.3 cm³/mol. The lowest BCUT2D eigenvalue weighted by Crippen LogP contribution is -2.30. The van der Waals surface area contributed by atoms with Gasteiger partial charge >= 0.3 is 0 Å². The molecule has 0 aliphatic carbocycles. The van der Waals surface area contributed by atoms with Crippen LogP contribution in [0.3, 0.4) is 0 Å². The van der Waals surface area contributed by atoms with Gasteiger partial charge in [-0.3, -0.25) is 9.69 Å². The van der Waals surface area contributed by atoms with Crippen molar-refractivity contribution in [3.8, 4) is 5.75 Å². The molecule has 116 valence electrons. The number of thiocarbonyl (C=S) groups is 1. The first-order valence-electron chi connectivity index (χ1n) is 6.85. The number of anilines is 1. The Kier molecular flexibility index (Phi) is 4.45. The highest BCUT2D eigenvalue weighted by Crippen LogP contribution is 2.26. The number of hydrogen-bond donors (Lipinski definition) is 1. The number of ether oxygens (including phenoxy) is 1. The maximum atomic E-state index is 12.7. The highest BCUT2D eigenvalue weighted by molar-refractivity contribution is 9.10. The van der Waals surface area contributed by atoms with Crippen molar-refractivity contribution in [2.24, 2.45) is 0 Å². The van der Waals surface area contributed by atoms with Gasteiger partial charge in [-0.25, -0.2) is 0 Å². The maximum absolute atomic E-state index is 12.7. The van der Waals surface area contributed by atoms with E-state index in [0.717, 1.165) is 10.0 Å². The summed E-state index contributed by atoms with van der Waals surface area (Å²) in [5, 5.41) is 3.32. The van der Waals surface area contributed by atoms with Gasteiger partial charge in [0.2, 0.25) is 0 Å². The van der Waals surface area contributed by atoms with Gasteiger partial charge in [0, 0.05) is 10.5 Å². The number of nitrogens with one attached hydrogen (secondary N) is 1. The van der Waals surface area contributed by atoms with Gasteiger partial charge in [0.1, 0.15) is 11.4 Å². The SMILES string of the molecule is COc1cccc(N2C(=O)/C(=C/c3cccc(Br)c3)NC2=S)c1. The average molecular weight is 389 g/mol. The summed E-state index contributed by atoms with van der Waals surface area (Å²) in [5.41, 5.74) is 2.02. The van der Waals surface area contributed by atoms with E-state index in [0.29, 0.717) is 22.2 Å². The van der Waals surface area contributed by atoms with Crippen LogP contribution in [0.4, 0.5) is 5.69 Å². The molecule has 6 heteroatoms. The molecule has 3 rings (SSSR count). The van der Waals surface area contributed by atoms with Gasteiger partial charge in [-0.15, -0.1) is 0 Å². The second kappa shape index (κ2) is 6.52. The number of benzene rings is 2. The number of methoxy groups -OCH3 is 1. The third-order valence-corrected chi connectivity index (χ3v) is 4.13. The van der Waals surface area contributed by atoms with Crippen molar-refractivity contribution in [1.82, 2.24) is 5.32 Å². The number of hydrogen-bond acceptors (Lipinski definition) is 3. The van der Waals surface area contributed by atoms with E-state index in [2.05, 4.69) is 21.2 Å². The summed E-state index contributed by atoms with van der Waals surface area (Å²) in [6.07, 6.45) is 1.78. The van der Waals surface area contributed by atoms with E-state index in [1.165, 1.54) is 4.90 Å². The Morgan fingerprint density at radius 3 is 2.74 bits per heavy atom. The fourth-order valence-corrected chi connectivity index (χ4v) is 3.00. The number of rotatable bonds is 3.